The van der Waals surface area contributed by atoms with Crippen molar-refractivity contribution in [3.05, 3.63) is 58.9 Å². The molecule has 0 atom stereocenters. The monoisotopic (exact) mass is 383 g/mol. The number of rotatable bonds is 2. The SMILES string of the molecule is CNC1=C(C)N(c2nc3ncc(Br)cc3n3cnnc23)C=CC=C1. The van der Waals surface area contributed by atoms with Crippen molar-refractivity contribution >= 4 is 38.6 Å². The Balaban J connectivity index is 2.02. The molecule has 0 radical (unpaired) electrons. The van der Waals surface area contributed by atoms with Gasteiger partial charge in [-0.05, 0) is 41.1 Å². The Bertz CT molecular complexity index is 1030. The number of anilines is 1. The molecule has 0 saturated heterocycles. The number of nitrogens with one attached hydrogen (secondary N) is 1. The highest BCUT2D eigenvalue weighted by Crippen LogP contribution is 2.28. The van der Waals surface area contributed by atoms with Gasteiger partial charge in [-0.2, -0.15) is 0 Å². The lowest BCUT2D eigenvalue weighted by Crippen LogP contribution is -2.20. The van der Waals surface area contributed by atoms with E-state index >= 15 is 0 Å². The number of aromatic nitrogens is 5. The van der Waals surface area contributed by atoms with Crippen molar-refractivity contribution in [3.8, 4) is 0 Å². The summed E-state index contributed by atoms with van der Waals surface area (Å²) in [6.07, 6.45) is 11.3. The van der Waals surface area contributed by atoms with Crippen molar-refractivity contribution in [1.29, 1.82) is 0 Å². The summed E-state index contributed by atoms with van der Waals surface area (Å²) < 4.78 is 2.78. The molecule has 0 fully saturated rings. The lowest BCUT2D eigenvalue weighted by atomic mass is 10.3. The molecule has 0 aromatic carbocycles. The standard InChI is InChI=1S/C16H14BrN7/c1-10-12(18-2)5-3-4-6-23(10)15-16-22-20-9-24(16)13-7-11(17)8-19-14(13)21-15/h3-9,18H,1-2H3. The average molecular weight is 384 g/mol. The van der Waals surface area contributed by atoms with Gasteiger partial charge in [0.1, 0.15) is 6.33 Å². The summed E-state index contributed by atoms with van der Waals surface area (Å²) in [6, 6.07) is 1.96. The first-order valence-corrected chi connectivity index (χ1v) is 8.16. The van der Waals surface area contributed by atoms with Gasteiger partial charge in [0.2, 0.25) is 5.65 Å². The first-order chi connectivity index (χ1) is 11.7. The second kappa shape index (κ2) is 5.72. The molecule has 0 spiro atoms. The van der Waals surface area contributed by atoms with Crippen LogP contribution in [0.25, 0.3) is 16.8 Å². The number of nitrogens with zero attached hydrogens (tertiary/aromatic N) is 6. The zero-order chi connectivity index (χ0) is 16.7. The van der Waals surface area contributed by atoms with Gasteiger partial charge in [0.15, 0.2) is 11.5 Å². The quantitative estimate of drug-likeness (QED) is 0.733. The van der Waals surface area contributed by atoms with E-state index < -0.39 is 0 Å². The van der Waals surface area contributed by atoms with E-state index in [9.17, 15) is 0 Å². The minimum atomic E-state index is 0.630. The molecule has 0 saturated carbocycles. The Morgan fingerprint density at radius 1 is 1.25 bits per heavy atom. The maximum absolute atomic E-state index is 4.73. The predicted molar refractivity (Wildman–Crippen MR) is 96.3 cm³/mol. The maximum atomic E-state index is 4.73. The van der Waals surface area contributed by atoms with Gasteiger partial charge >= 0.3 is 0 Å². The van der Waals surface area contributed by atoms with Gasteiger partial charge < -0.3 is 10.2 Å². The van der Waals surface area contributed by atoms with Gasteiger partial charge in [0, 0.05) is 29.6 Å². The summed E-state index contributed by atoms with van der Waals surface area (Å²) in [4.78, 5) is 11.1. The van der Waals surface area contributed by atoms with Gasteiger partial charge in [-0.25, -0.2) is 9.97 Å². The maximum Gasteiger partial charge on any atom is 0.205 e. The molecule has 1 aliphatic heterocycles. The van der Waals surface area contributed by atoms with Crippen LogP contribution in [-0.4, -0.2) is 31.6 Å². The van der Waals surface area contributed by atoms with Crippen LogP contribution in [0, 0.1) is 0 Å². The highest BCUT2D eigenvalue weighted by atomic mass is 79.9. The summed E-state index contributed by atoms with van der Waals surface area (Å²) in [5.74, 6) is 0.681. The van der Waals surface area contributed by atoms with E-state index in [1.807, 2.05) is 53.8 Å². The molecule has 0 unspecified atom stereocenters. The zero-order valence-electron chi connectivity index (χ0n) is 13.1. The molecule has 8 heteroatoms. The number of pyridine rings is 1. The van der Waals surface area contributed by atoms with Crippen LogP contribution < -0.4 is 10.2 Å². The van der Waals surface area contributed by atoms with Crippen LogP contribution in [0.2, 0.25) is 0 Å². The third kappa shape index (κ3) is 2.26. The topological polar surface area (TPSA) is 71.2 Å². The van der Waals surface area contributed by atoms with E-state index in [4.69, 9.17) is 4.98 Å². The summed E-state index contributed by atoms with van der Waals surface area (Å²) in [7, 11) is 1.90. The van der Waals surface area contributed by atoms with E-state index in [2.05, 4.69) is 36.4 Å². The summed E-state index contributed by atoms with van der Waals surface area (Å²) in [5.41, 5.74) is 4.16. The number of hydrogen-bond donors (Lipinski definition) is 1. The molecular formula is C16H14BrN7. The van der Waals surface area contributed by atoms with Crippen LogP contribution in [-0.2, 0) is 0 Å². The van der Waals surface area contributed by atoms with Crippen LogP contribution in [0.3, 0.4) is 0 Å². The number of likely N-dealkylation sites (N-methyl/N-ethyl adjacent to an activating group) is 1. The smallest absolute Gasteiger partial charge is 0.205 e. The second-order valence-electron chi connectivity index (χ2n) is 5.28. The molecule has 4 heterocycles. The average Bonchev–Trinajstić information content (AvgIpc) is 3.00. The van der Waals surface area contributed by atoms with Crippen molar-refractivity contribution in [3.63, 3.8) is 0 Å². The van der Waals surface area contributed by atoms with Gasteiger partial charge in [0.05, 0.1) is 11.2 Å². The Labute approximate surface area is 146 Å². The first kappa shape index (κ1) is 14.8. The van der Waals surface area contributed by atoms with Crippen LogP contribution in [0.5, 0.6) is 0 Å². The number of fused-ring (bicyclic) bond motifs is 3. The highest BCUT2D eigenvalue weighted by molar-refractivity contribution is 9.10. The molecule has 3 aromatic rings. The van der Waals surface area contributed by atoms with E-state index in [0.717, 1.165) is 21.4 Å². The van der Waals surface area contributed by atoms with Crippen LogP contribution in [0.4, 0.5) is 5.82 Å². The Morgan fingerprint density at radius 3 is 2.96 bits per heavy atom. The van der Waals surface area contributed by atoms with E-state index in [0.29, 0.717) is 17.1 Å². The van der Waals surface area contributed by atoms with Gasteiger partial charge in [-0.3, -0.25) is 4.40 Å². The van der Waals surface area contributed by atoms with Crippen molar-refractivity contribution in [2.45, 2.75) is 6.92 Å². The molecule has 0 bridgehead atoms. The highest BCUT2D eigenvalue weighted by Gasteiger charge is 2.19. The summed E-state index contributed by atoms with van der Waals surface area (Å²) >= 11 is 3.45. The first-order valence-electron chi connectivity index (χ1n) is 7.37. The molecule has 7 nitrogen and oxygen atoms in total. The zero-order valence-corrected chi connectivity index (χ0v) is 14.7. The number of allylic oxidation sites excluding steroid dienone is 4. The van der Waals surface area contributed by atoms with Crippen LogP contribution >= 0.6 is 15.9 Å². The normalized spacial score (nSPS) is 14.7. The third-order valence-electron chi connectivity index (χ3n) is 3.89. The number of hydrogen-bond acceptors (Lipinski definition) is 6. The lowest BCUT2D eigenvalue weighted by Gasteiger charge is -2.22. The predicted octanol–water partition coefficient (Wildman–Crippen LogP) is 2.78. The molecule has 0 amide bonds. The molecular weight excluding hydrogens is 370 g/mol. The fourth-order valence-electron chi connectivity index (χ4n) is 2.70. The van der Waals surface area contributed by atoms with Gasteiger partial charge in [-0.1, -0.05) is 6.08 Å². The Hall–Kier alpha value is -2.74. The van der Waals surface area contributed by atoms with Crippen molar-refractivity contribution in [2.24, 2.45) is 0 Å². The Morgan fingerprint density at radius 2 is 2.12 bits per heavy atom. The molecule has 1 aliphatic rings. The van der Waals surface area contributed by atoms with Crippen molar-refractivity contribution < 1.29 is 0 Å². The van der Waals surface area contributed by atoms with Gasteiger partial charge in [-0.15, -0.1) is 10.2 Å². The van der Waals surface area contributed by atoms with Crippen molar-refractivity contribution in [2.75, 3.05) is 11.9 Å². The molecule has 3 aromatic heterocycles. The second-order valence-corrected chi connectivity index (χ2v) is 6.19. The molecule has 1 N–H and O–H groups in total. The minimum Gasteiger partial charge on any atom is -0.387 e. The van der Waals surface area contributed by atoms with E-state index in [-0.39, 0.29) is 0 Å². The molecule has 4 rings (SSSR count). The van der Waals surface area contributed by atoms with Crippen LogP contribution in [0.1, 0.15) is 6.92 Å². The Kier molecular flexibility index (Phi) is 3.53. The van der Waals surface area contributed by atoms with Gasteiger partial charge in [0.25, 0.3) is 0 Å². The molecule has 120 valence electrons. The van der Waals surface area contributed by atoms with Crippen molar-refractivity contribution in [1.82, 2.24) is 29.9 Å². The fourth-order valence-corrected chi connectivity index (χ4v) is 3.02. The lowest BCUT2D eigenvalue weighted by molar-refractivity contribution is 0.963. The summed E-state index contributed by atoms with van der Waals surface area (Å²) in [6.45, 7) is 2.03. The van der Waals surface area contributed by atoms with E-state index in [1.165, 1.54) is 0 Å². The summed E-state index contributed by atoms with van der Waals surface area (Å²) in [5, 5.41) is 11.5. The fraction of sp³-hybridized carbons (Fsp3) is 0.125. The third-order valence-corrected chi connectivity index (χ3v) is 4.32. The number of halogens is 1. The van der Waals surface area contributed by atoms with E-state index in [1.54, 1.807) is 12.5 Å². The minimum absolute atomic E-state index is 0.630. The van der Waals surface area contributed by atoms with Crippen LogP contribution in [0.15, 0.2) is 58.9 Å². The largest absolute Gasteiger partial charge is 0.387 e. The molecule has 24 heavy (non-hydrogen) atoms. The molecule has 0 aliphatic carbocycles.